The van der Waals surface area contributed by atoms with Gasteiger partial charge in [0, 0.05) is 31.3 Å². The zero-order valence-electron chi connectivity index (χ0n) is 27.4. The van der Waals surface area contributed by atoms with Crippen LogP contribution in [0.5, 0.6) is 11.5 Å². The lowest BCUT2D eigenvalue weighted by Gasteiger charge is -2.42. The van der Waals surface area contributed by atoms with Crippen LogP contribution >= 0.6 is 0 Å². The van der Waals surface area contributed by atoms with E-state index in [9.17, 15) is 19.2 Å². The third-order valence-electron chi connectivity index (χ3n) is 8.51. The van der Waals surface area contributed by atoms with Crippen LogP contribution < -0.4 is 19.7 Å². The molecule has 3 aliphatic rings. The highest BCUT2D eigenvalue weighted by Gasteiger charge is 2.46. The highest BCUT2D eigenvalue weighted by molar-refractivity contribution is 6.06. The summed E-state index contributed by atoms with van der Waals surface area (Å²) >= 11 is 0. The molecule has 0 bridgehead atoms. The van der Waals surface area contributed by atoms with Gasteiger partial charge in [-0.1, -0.05) is 12.7 Å². The highest BCUT2D eigenvalue weighted by Crippen LogP contribution is 2.42. The Bertz CT molecular complexity index is 1470. The van der Waals surface area contributed by atoms with Crippen molar-refractivity contribution in [3.05, 3.63) is 60.2 Å². The molecule has 3 aliphatic heterocycles. The van der Waals surface area contributed by atoms with Gasteiger partial charge in [0.15, 0.2) is 24.0 Å². The first kappa shape index (κ1) is 34.7. The zero-order valence-corrected chi connectivity index (χ0v) is 27.4. The number of carbonyl (C=O) groups is 4. The van der Waals surface area contributed by atoms with Gasteiger partial charge in [-0.05, 0) is 75.3 Å². The average Bonchev–Trinajstić information content (AvgIpc) is 3.21. The Morgan fingerprint density at radius 2 is 1.83 bits per heavy atom. The molecule has 2 aromatic carbocycles. The summed E-state index contributed by atoms with van der Waals surface area (Å²) in [5.74, 6) is -0.344. The normalized spacial score (nSPS) is 20.5. The zero-order chi connectivity index (χ0) is 34.0. The number of anilines is 2. The number of hydrogen-bond acceptors (Lipinski definition) is 10. The molecule has 0 spiro atoms. The number of amides is 3. The van der Waals surface area contributed by atoms with Crippen molar-refractivity contribution < 1.29 is 47.6 Å². The maximum Gasteiger partial charge on any atom is 0.416 e. The van der Waals surface area contributed by atoms with Gasteiger partial charge in [-0.3, -0.25) is 9.59 Å². The molecule has 0 saturated carbocycles. The van der Waals surface area contributed by atoms with Gasteiger partial charge in [0.2, 0.25) is 5.91 Å². The van der Waals surface area contributed by atoms with Crippen LogP contribution in [0.15, 0.2) is 49.1 Å². The Morgan fingerprint density at radius 3 is 2.54 bits per heavy atom. The molecule has 3 unspecified atom stereocenters. The molecular formula is C35H43N3O10. The molecule has 48 heavy (non-hydrogen) atoms. The van der Waals surface area contributed by atoms with Crippen molar-refractivity contribution >= 4 is 35.3 Å². The van der Waals surface area contributed by atoms with E-state index >= 15 is 0 Å². The van der Waals surface area contributed by atoms with Crippen LogP contribution in [0.25, 0.3) is 0 Å². The predicted molar refractivity (Wildman–Crippen MR) is 175 cm³/mol. The molecule has 2 fully saturated rings. The topological polar surface area (TPSA) is 142 Å². The Kier molecular flexibility index (Phi) is 11.9. The molecule has 0 aromatic heterocycles. The minimum atomic E-state index is -0.873. The number of hydrogen-bond donors (Lipinski definition) is 1. The molecule has 3 heterocycles. The Balaban J connectivity index is 1.36. The summed E-state index contributed by atoms with van der Waals surface area (Å²) in [5.41, 5.74) is 1.45. The molecular weight excluding hydrogens is 622 g/mol. The monoisotopic (exact) mass is 665 g/mol. The highest BCUT2D eigenvalue weighted by atomic mass is 16.7. The van der Waals surface area contributed by atoms with E-state index < -0.39 is 30.6 Å². The second-order valence-corrected chi connectivity index (χ2v) is 11.7. The van der Waals surface area contributed by atoms with Crippen LogP contribution in [-0.4, -0.2) is 87.9 Å². The van der Waals surface area contributed by atoms with Crippen molar-refractivity contribution in [2.75, 3.05) is 50.8 Å². The van der Waals surface area contributed by atoms with Gasteiger partial charge >= 0.3 is 12.1 Å². The maximum atomic E-state index is 14.1. The lowest BCUT2D eigenvalue weighted by atomic mass is 10.00. The number of esters is 1. The molecule has 258 valence electrons. The van der Waals surface area contributed by atoms with Crippen LogP contribution in [0.4, 0.5) is 16.2 Å². The fourth-order valence-corrected chi connectivity index (χ4v) is 6.14. The summed E-state index contributed by atoms with van der Waals surface area (Å²) in [4.78, 5) is 55.3. The molecule has 0 radical (unpaired) electrons. The third kappa shape index (κ3) is 8.08. The summed E-state index contributed by atoms with van der Waals surface area (Å²) in [7, 11) is 2.78. The fraction of sp³-hybridized carbons (Fsp3) is 0.486. The minimum absolute atomic E-state index is 0.0311. The predicted octanol–water partition coefficient (Wildman–Crippen LogP) is 5.29. The van der Waals surface area contributed by atoms with E-state index in [-0.39, 0.29) is 48.4 Å². The number of nitrogens with one attached hydrogen (secondary N) is 1. The average molecular weight is 666 g/mol. The molecule has 13 heteroatoms. The van der Waals surface area contributed by atoms with Gasteiger partial charge in [-0.15, -0.1) is 0 Å². The second-order valence-electron chi connectivity index (χ2n) is 11.7. The SMILES string of the molecule is C=CCOC(=O)N1c2cc(OCCCC(=O)Nc3ccc(C(=O)OC)cc3)c(OC)cc2C(=O)N2CCCCC2C1OC1CCCCO1. The number of fused-ring (bicyclic) bond motifs is 2. The summed E-state index contributed by atoms with van der Waals surface area (Å²) < 4.78 is 34.4. The van der Waals surface area contributed by atoms with Gasteiger partial charge in [0.1, 0.15) is 6.61 Å². The molecule has 3 amide bonds. The second kappa shape index (κ2) is 16.5. The Labute approximate surface area is 280 Å². The number of piperidine rings is 1. The summed E-state index contributed by atoms with van der Waals surface area (Å²) in [6.07, 6.45) is 4.75. The lowest BCUT2D eigenvalue weighted by Crippen LogP contribution is -2.57. The third-order valence-corrected chi connectivity index (χ3v) is 8.51. The summed E-state index contributed by atoms with van der Waals surface area (Å²) in [6.45, 7) is 4.85. The van der Waals surface area contributed by atoms with Crippen molar-refractivity contribution in [3.63, 3.8) is 0 Å². The Morgan fingerprint density at radius 1 is 1.04 bits per heavy atom. The number of rotatable bonds is 12. The number of benzene rings is 2. The van der Waals surface area contributed by atoms with E-state index in [4.69, 9.17) is 28.4 Å². The van der Waals surface area contributed by atoms with Gasteiger partial charge in [-0.25, -0.2) is 14.5 Å². The van der Waals surface area contributed by atoms with E-state index in [1.54, 1.807) is 41.3 Å². The van der Waals surface area contributed by atoms with Crippen LogP contribution in [0.1, 0.15) is 72.1 Å². The summed E-state index contributed by atoms with van der Waals surface area (Å²) in [5, 5.41) is 2.80. The summed E-state index contributed by atoms with van der Waals surface area (Å²) in [6, 6.07) is 9.14. The van der Waals surface area contributed by atoms with Gasteiger partial charge < -0.3 is 38.6 Å². The van der Waals surface area contributed by atoms with Crippen molar-refractivity contribution in [2.45, 2.75) is 69.9 Å². The molecule has 3 atom stereocenters. The quantitative estimate of drug-likeness (QED) is 0.181. The van der Waals surface area contributed by atoms with Crippen molar-refractivity contribution in [1.82, 2.24) is 4.90 Å². The number of ether oxygens (including phenoxy) is 6. The van der Waals surface area contributed by atoms with Crippen LogP contribution in [0.3, 0.4) is 0 Å². The van der Waals surface area contributed by atoms with Crippen molar-refractivity contribution in [1.29, 1.82) is 0 Å². The maximum absolute atomic E-state index is 14.1. The van der Waals surface area contributed by atoms with E-state index in [1.165, 1.54) is 25.2 Å². The van der Waals surface area contributed by atoms with E-state index in [2.05, 4.69) is 11.9 Å². The number of nitrogens with zero attached hydrogens (tertiary/aromatic N) is 2. The van der Waals surface area contributed by atoms with Gasteiger partial charge in [-0.2, -0.15) is 0 Å². The van der Waals surface area contributed by atoms with Crippen LogP contribution in [-0.2, 0) is 23.7 Å². The van der Waals surface area contributed by atoms with Gasteiger partial charge in [0.25, 0.3) is 5.91 Å². The van der Waals surface area contributed by atoms with Gasteiger partial charge in [0.05, 0.1) is 43.7 Å². The molecule has 2 saturated heterocycles. The van der Waals surface area contributed by atoms with E-state index in [0.29, 0.717) is 49.4 Å². The number of methoxy groups -OCH3 is 2. The first-order chi connectivity index (χ1) is 23.3. The smallest absolute Gasteiger partial charge is 0.416 e. The minimum Gasteiger partial charge on any atom is -0.493 e. The van der Waals surface area contributed by atoms with Crippen LogP contribution in [0, 0.1) is 0 Å². The van der Waals surface area contributed by atoms with Crippen LogP contribution in [0.2, 0.25) is 0 Å². The first-order valence-electron chi connectivity index (χ1n) is 16.3. The first-order valence-corrected chi connectivity index (χ1v) is 16.3. The van der Waals surface area contributed by atoms with E-state index in [0.717, 1.165) is 25.7 Å². The standard InChI is InChI=1S/C35H43N3O10/c1-4-18-47-35(42)38-27-22-29(45-20-9-11-30(39)36-24-15-13-23(14-16-24)34(41)44-3)28(43-2)21-25(27)32(40)37-17-7-5-10-26(37)33(38)48-31-12-6-8-19-46-31/h4,13-16,21-22,26,31,33H,1,5-12,17-20H2,2-3H3,(H,36,39). The van der Waals surface area contributed by atoms with E-state index in [1.807, 2.05) is 0 Å². The molecule has 5 rings (SSSR count). The number of carbonyl (C=O) groups excluding carboxylic acids is 4. The van der Waals surface area contributed by atoms with Crippen molar-refractivity contribution in [2.24, 2.45) is 0 Å². The fourth-order valence-electron chi connectivity index (χ4n) is 6.14. The molecule has 1 N–H and O–H groups in total. The molecule has 2 aromatic rings. The van der Waals surface area contributed by atoms with Crippen molar-refractivity contribution in [3.8, 4) is 11.5 Å². The Hall–Kier alpha value is -4.62. The molecule has 13 nitrogen and oxygen atoms in total. The lowest BCUT2D eigenvalue weighted by molar-refractivity contribution is -0.198. The largest absolute Gasteiger partial charge is 0.493 e. The molecule has 0 aliphatic carbocycles.